The Morgan fingerprint density at radius 1 is 1.30 bits per heavy atom. The van der Waals surface area contributed by atoms with Gasteiger partial charge in [-0.2, -0.15) is 0 Å². The lowest BCUT2D eigenvalue weighted by atomic mass is 10.1. The molecule has 4 nitrogen and oxygen atoms in total. The van der Waals surface area contributed by atoms with Gasteiger partial charge in [-0.3, -0.25) is 0 Å². The van der Waals surface area contributed by atoms with E-state index in [9.17, 15) is 0 Å². The Labute approximate surface area is 120 Å². The number of hydrogen-bond acceptors (Lipinski definition) is 4. The van der Waals surface area contributed by atoms with Gasteiger partial charge in [-0.05, 0) is 33.8 Å². The molecule has 2 aromatic rings. The van der Waals surface area contributed by atoms with Crippen molar-refractivity contribution in [3.05, 3.63) is 46.8 Å². The van der Waals surface area contributed by atoms with Gasteiger partial charge in [0.25, 0.3) is 0 Å². The third-order valence-corrected chi connectivity index (χ3v) is 3.45. The van der Waals surface area contributed by atoms with Crippen LogP contribution in [0.3, 0.4) is 0 Å². The average molecular weight is 274 g/mol. The fourth-order valence-corrected chi connectivity index (χ4v) is 2.24. The summed E-state index contributed by atoms with van der Waals surface area (Å²) < 4.78 is 10.9. The van der Waals surface area contributed by atoms with Gasteiger partial charge in [-0.25, -0.2) is 0 Å². The summed E-state index contributed by atoms with van der Waals surface area (Å²) in [7, 11) is 0. The Balaban J connectivity index is 2.07. The van der Waals surface area contributed by atoms with Crippen molar-refractivity contribution in [2.24, 2.45) is 0 Å². The molecule has 0 aliphatic heterocycles. The molecular formula is C16H22N2O2. The lowest BCUT2D eigenvalue weighted by molar-refractivity contribution is 0.332. The molecule has 1 unspecified atom stereocenters. The van der Waals surface area contributed by atoms with Crippen LogP contribution >= 0.6 is 0 Å². The summed E-state index contributed by atoms with van der Waals surface area (Å²) in [5.41, 5.74) is 3.24. The van der Waals surface area contributed by atoms with Crippen LogP contribution in [0.5, 0.6) is 5.75 Å². The third kappa shape index (κ3) is 3.20. The van der Waals surface area contributed by atoms with Gasteiger partial charge in [0.2, 0.25) is 0 Å². The maximum atomic E-state index is 5.67. The minimum Gasteiger partial charge on any atom is -0.494 e. The molecule has 0 bridgehead atoms. The smallest absolute Gasteiger partial charge is 0.138 e. The predicted octanol–water partition coefficient (Wildman–Crippen LogP) is 3.54. The molecule has 0 saturated heterocycles. The molecule has 1 heterocycles. The maximum absolute atomic E-state index is 5.67. The van der Waals surface area contributed by atoms with E-state index >= 15 is 0 Å². The largest absolute Gasteiger partial charge is 0.494 e. The van der Waals surface area contributed by atoms with Gasteiger partial charge in [0, 0.05) is 23.7 Å². The molecule has 108 valence electrons. The highest BCUT2D eigenvalue weighted by atomic mass is 16.5. The molecule has 20 heavy (non-hydrogen) atoms. The molecule has 0 saturated carbocycles. The van der Waals surface area contributed by atoms with E-state index in [1.807, 2.05) is 39.0 Å². The van der Waals surface area contributed by atoms with Gasteiger partial charge in [0.05, 0.1) is 12.3 Å². The van der Waals surface area contributed by atoms with Crippen molar-refractivity contribution in [2.75, 3.05) is 6.61 Å². The van der Waals surface area contributed by atoms with Gasteiger partial charge < -0.3 is 14.6 Å². The van der Waals surface area contributed by atoms with E-state index in [2.05, 4.69) is 23.5 Å². The topological polar surface area (TPSA) is 47.3 Å². The van der Waals surface area contributed by atoms with E-state index in [-0.39, 0.29) is 6.04 Å². The highest BCUT2D eigenvalue weighted by molar-refractivity contribution is 5.35. The fourth-order valence-electron chi connectivity index (χ4n) is 2.24. The average Bonchev–Trinajstić information content (AvgIpc) is 2.76. The van der Waals surface area contributed by atoms with Crippen molar-refractivity contribution in [1.82, 2.24) is 10.5 Å². The summed E-state index contributed by atoms with van der Waals surface area (Å²) in [6.07, 6.45) is 0. The number of rotatable bonds is 6. The molecule has 1 aromatic heterocycles. The lowest BCUT2D eigenvalue weighted by Crippen LogP contribution is -2.19. The highest BCUT2D eigenvalue weighted by Gasteiger charge is 2.13. The molecule has 0 aliphatic carbocycles. The first kappa shape index (κ1) is 14.6. The number of para-hydroxylation sites is 1. The fraction of sp³-hybridized carbons (Fsp3) is 0.438. The van der Waals surface area contributed by atoms with E-state index in [1.165, 1.54) is 5.56 Å². The Morgan fingerprint density at radius 2 is 2.05 bits per heavy atom. The Bertz CT molecular complexity index is 544. The molecule has 0 spiro atoms. The lowest BCUT2D eigenvalue weighted by Gasteiger charge is -2.17. The molecule has 0 fully saturated rings. The zero-order valence-corrected chi connectivity index (χ0v) is 12.6. The summed E-state index contributed by atoms with van der Waals surface area (Å²) in [5.74, 6) is 1.81. The maximum Gasteiger partial charge on any atom is 0.138 e. The van der Waals surface area contributed by atoms with Gasteiger partial charge in [-0.1, -0.05) is 23.4 Å². The molecule has 0 aliphatic rings. The summed E-state index contributed by atoms with van der Waals surface area (Å²) in [6.45, 7) is 9.45. The van der Waals surface area contributed by atoms with Crippen molar-refractivity contribution in [3.63, 3.8) is 0 Å². The van der Waals surface area contributed by atoms with Crippen LogP contribution in [0.1, 0.15) is 42.5 Å². The minimum absolute atomic E-state index is 0.200. The molecule has 2 rings (SSSR count). The standard InChI is InChI=1S/C16H22N2O2/c1-5-19-16-9-7-6-8-14(16)11(2)17-10-15-12(3)18-20-13(15)4/h6-9,11,17H,5,10H2,1-4H3. The Morgan fingerprint density at radius 3 is 2.70 bits per heavy atom. The van der Waals surface area contributed by atoms with E-state index in [4.69, 9.17) is 9.26 Å². The van der Waals surface area contributed by atoms with Crippen LogP contribution in [0.2, 0.25) is 0 Å². The highest BCUT2D eigenvalue weighted by Crippen LogP contribution is 2.25. The van der Waals surface area contributed by atoms with Crippen molar-refractivity contribution in [3.8, 4) is 5.75 Å². The molecule has 1 N–H and O–H groups in total. The van der Waals surface area contributed by atoms with Crippen molar-refractivity contribution < 1.29 is 9.26 Å². The van der Waals surface area contributed by atoms with Crippen LogP contribution in [0.4, 0.5) is 0 Å². The van der Waals surface area contributed by atoms with Gasteiger partial charge in [0.1, 0.15) is 11.5 Å². The normalized spacial score (nSPS) is 12.4. The van der Waals surface area contributed by atoms with Crippen LogP contribution in [0.15, 0.2) is 28.8 Å². The molecular weight excluding hydrogens is 252 g/mol. The van der Waals surface area contributed by atoms with E-state index < -0.39 is 0 Å². The monoisotopic (exact) mass is 274 g/mol. The first-order chi connectivity index (χ1) is 9.63. The second-order valence-electron chi connectivity index (χ2n) is 4.88. The quantitative estimate of drug-likeness (QED) is 0.875. The Kier molecular flexibility index (Phi) is 4.79. The summed E-state index contributed by atoms with van der Waals surface area (Å²) in [4.78, 5) is 0. The second-order valence-corrected chi connectivity index (χ2v) is 4.88. The summed E-state index contributed by atoms with van der Waals surface area (Å²) >= 11 is 0. The minimum atomic E-state index is 0.200. The number of benzene rings is 1. The van der Waals surface area contributed by atoms with Gasteiger partial charge in [0.15, 0.2) is 0 Å². The predicted molar refractivity (Wildman–Crippen MR) is 78.8 cm³/mol. The molecule has 1 aromatic carbocycles. The number of aromatic nitrogens is 1. The van der Waals surface area contributed by atoms with Crippen LogP contribution < -0.4 is 10.1 Å². The zero-order chi connectivity index (χ0) is 14.5. The van der Waals surface area contributed by atoms with Crippen LogP contribution in [0.25, 0.3) is 0 Å². The number of aryl methyl sites for hydroxylation is 2. The van der Waals surface area contributed by atoms with E-state index in [0.717, 1.165) is 29.3 Å². The van der Waals surface area contributed by atoms with E-state index in [0.29, 0.717) is 6.61 Å². The number of nitrogens with zero attached hydrogens (tertiary/aromatic N) is 1. The van der Waals surface area contributed by atoms with E-state index in [1.54, 1.807) is 0 Å². The summed E-state index contributed by atoms with van der Waals surface area (Å²) in [5, 5.41) is 7.48. The van der Waals surface area contributed by atoms with Crippen LogP contribution in [0, 0.1) is 13.8 Å². The SMILES string of the molecule is CCOc1ccccc1C(C)NCc1c(C)noc1C. The van der Waals surface area contributed by atoms with Crippen molar-refractivity contribution in [2.45, 2.75) is 40.3 Å². The van der Waals surface area contributed by atoms with Gasteiger partial charge >= 0.3 is 0 Å². The molecule has 4 heteroatoms. The molecule has 1 atom stereocenters. The molecule has 0 amide bonds. The summed E-state index contributed by atoms with van der Waals surface area (Å²) in [6, 6.07) is 8.33. The zero-order valence-electron chi connectivity index (χ0n) is 12.6. The number of ether oxygens (including phenoxy) is 1. The van der Waals surface area contributed by atoms with Gasteiger partial charge in [-0.15, -0.1) is 0 Å². The van der Waals surface area contributed by atoms with Crippen molar-refractivity contribution in [1.29, 1.82) is 0 Å². The second kappa shape index (κ2) is 6.57. The Hall–Kier alpha value is -1.81. The number of hydrogen-bond donors (Lipinski definition) is 1. The third-order valence-electron chi connectivity index (χ3n) is 3.45. The molecule has 0 radical (unpaired) electrons. The van der Waals surface area contributed by atoms with Crippen LogP contribution in [-0.2, 0) is 6.54 Å². The number of nitrogens with one attached hydrogen (secondary N) is 1. The van der Waals surface area contributed by atoms with Crippen LogP contribution in [-0.4, -0.2) is 11.8 Å². The van der Waals surface area contributed by atoms with Crippen molar-refractivity contribution >= 4 is 0 Å². The first-order valence-corrected chi connectivity index (χ1v) is 7.00. The first-order valence-electron chi connectivity index (χ1n) is 7.00.